The van der Waals surface area contributed by atoms with Crippen LogP contribution in [0.4, 0.5) is 4.39 Å². The van der Waals surface area contributed by atoms with Crippen LogP contribution in [0.5, 0.6) is 0 Å². The van der Waals surface area contributed by atoms with Crippen molar-refractivity contribution in [2.24, 2.45) is 7.05 Å². The molecule has 0 aliphatic carbocycles. The van der Waals surface area contributed by atoms with Crippen molar-refractivity contribution in [2.75, 3.05) is 11.0 Å². The van der Waals surface area contributed by atoms with Crippen molar-refractivity contribution in [3.63, 3.8) is 0 Å². The first kappa shape index (κ1) is 24.7. The third-order valence-corrected chi connectivity index (χ3v) is 10.7. The summed E-state index contributed by atoms with van der Waals surface area (Å²) in [6.45, 7) is 3.44. The molecule has 4 unspecified atom stereocenters. The molecule has 35 heavy (non-hydrogen) atoms. The molecule has 2 fully saturated rings. The van der Waals surface area contributed by atoms with Crippen molar-refractivity contribution >= 4 is 0 Å². The van der Waals surface area contributed by atoms with E-state index in [1.54, 1.807) is 16.7 Å². The van der Waals surface area contributed by atoms with Crippen LogP contribution in [-0.4, -0.2) is 62.2 Å². The first-order valence-corrected chi connectivity index (χ1v) is 14.9. The number of aliphatic hydroxyl groups excluding tert-OH is 1. The number of ether oxygens (including phenoxy) is 1. The third-order valence-electron chi connectivity index (χ3n) is 6.92. The number of aromatic nitrogens is 4. The molecule has 4 atom stereocenters. The van der Waals surface area contributed by atoms with Gasteiger partial charge in [0.15, 0.2) is 0 Å². The van der Waals surface area contributed by atoms with Crippen LogP contribution in [0.2, 0.25) is 0 Å². The van der Waals surface area contributed by atoms with Gasteiger partial charge in [-0.3, -0.25) is 0 Å². The van der Waals surface area contributed by atoms with Crippen molar-refractivity contribution in [3.05, 3.63) is 64.5 Å². The standard InChI is InChI=1S/C25H32FIN5O3/c1-3-30-24(22-9-6-10-29(22)2)28-32(25(30)34)15-19(33)14-31-18-11-20(12-23(31)27-13-18)35-16-17-7-4-5-8-21(17)26/h4-10,18-20,23,33H,3,11-16H2,1-2H3/q-1. The van der Waals surface area contributed by atoms with Gasteiger partial charge in [-0.1, -0.05) is 0 Å². The average Bonchev–Trinajstić information content (AvgIpc) is 3.46. The zero-order valence-electron chi connectivity index (χ0n) is 20.1. The van der Waals surface area contributed by atoms with Crippen LogP contribution in [0.25, 0.3) is 11.5 Å². The first-order valence-electron chi connectivity index (χ1n) is 12.1. The van der Waals surface area contributed by atoms with Gasteiger partial charge in [-0.05, 0) is 0 Å². The summed E-state index contributed by atoms with van der Waals surface area (Å²) in [5.41, 5.74) is 1.27. The number of aliphatic hydroxyl groups is 1. The van der Waals surface area contributed by atoms with E-state index in [9.17, 15) is 14.3 Å². The van der Waals surface area contributed by atoms with Gasteiger partial charge in [-0.2, -0.15) is 0 Å². The fourth-order valence-electron chi connectivity index (χ4n) is 5.08. The maximum atomic E-state index is 13.9. The summed E-state index contributed by atoms with van der Waals surface area (Å²) < 4.78 is 26.6. The number of piperidine rings is 1. The Balaban J connectivity index is 1.20. The van der Waals surface area contributed by atoms with Gasteiger partial charge in [0.25, 0.3) is 0 Å². The monoisotopic (exact) mass is 596 g/mol. The molecule has 4 heterocycles. The Kier molecular flexibility index (Phi) is 7.42. The van der Waals surface area contributed by atoms with Crippen molar-refractivity contribution in [2.45, 2.75) is 61.8 Å². The van der Waals surface area contributed by atoms with Gasteiger partial charge < -0.3 is 0 Å². The van der Waals surface area contributed by atoms with Gasteiger partial charge in [0.1, 0.15) is 0 Å². The number of benzene rings is 1. The van der Waals surface area contributed by atoms with Crippen molar-refractivity contribution in [3.8, 4) is 11.5 Å². The molecule has 2 aliphatic rings. The van der Waals surface area contributed by atoms with E-state index in [0.29, 0.717) is 41.2 Å². The molecule has 5 rings (SSSR count). The van der Waals surface area contributed by atoms with Crippen LogP contribution < -0.4 is 26.9 Å². The number of hydrogen-bond donors (Lipinski definition) is 1. The van der Waals surface area contributed by atoms with Gasteiger partial charge >= 0.3 is 215 Å². The second kappa shape index (κ2) is 10.5. The molecular formula is C25H32FIN5O3-. The predicted octanol–water partition coefficient (Wildman–Crippen LogP) is -0.951. The van der Waals surface area contributed by atoms with Crippen LogP contribution in [0.1, 0.15) is 25.3 Å². The quantitative estimate of drug-likeness (QED) is 0.196. The SMILES string of the molecule is CCn1c(-c2cccn2C)nn(CC(O)CN2C3C[I-]C2CC(OCc2ccccc2F)C3)c1=O. The molecule has 0 radical (unpaired) electrons. The van der Waals surface area contributed by atoms with Crippen molar-refractivity contribution in [1.29, 1.82) is 0 Å². The van der Waals surface area contributed by atoms with E-state index >= 15 is 0 Å². The van der Waals surface area contributed by atoms with Gasteiger partial charge in [-0.15, -0.1) is 0 Å². The van der Waals surface area contributed by atoms with E-state index in [-0.39, 0.29) is 45.4 Å². The van der Waals surface area contributed by atoms with E-state index in [4.69, 9.17) is 4.74 Å². The Bertz CT molecular complexity index is 1210. The Morgan fingerprint density at radius 1 is 1.23 bits per heavy atom. The molecule has 3 aromatic rings. The van der Waals surface area contributed by atoms with E-state index in [0.717, 1.165) is 18.5 Å². The number of fused-ring (bicyclic) bond motifs is 2. The summed E-state index contributed by atoms with van der Waals surface area (Å²) >= 11 is -0.00392. The van der Waals surface area contributed by atoms with Gasteiger partial charge in [0, 0.05) is 0 Å². The average molecular weight is 596 g/mol. The van der Waals surface area contributed by atoms with Gasteiger partial charge in [-0.25, -0.2) is 0 Å². The normalized spacial score (nSPS) is 23.4. The molecule has 2 aromatic heterocycles. The molecule has 0 spiro atoms. The predicted molar refractivity (Wildman–Crippen MR) is 126 cm³/mol. The fraction of sp³-hybridized carbons (Fsp3) is 0.520. The van der Waals surface area contributed by atoms with E-state index in [1.807, 2.05) is 42.9 Å². The molecule has 1 aromatic carbocycles. The number of alkyl halides is 2. The van der Waals surface area contributed by atoms with Crippen LogP contribution in [0.15, 0.2) is 47.4 Å². The molecule has 1 N–H and O–H groups in total. The van der Waals surface area contributed by atoms with Gasteiger partial charge in [0.2, 0.25) is 0 Å². The minimum absolute atomic E-state index is 0.00392. The summed E-state index contributed by atoms with van der Waals surface area (Å²) in [7, 11) is 1.93. The maximum absolute atomic E-state index is 13.9. The summed E-state index contributed by atoms with van der Waals surface area (Å²) in [5.74, 6) is 0.399. The minimum atomic E-state index is -0.683. The summed E-state index contributed by atoms with van der Waals surface area (Å²) in [6, 6.07) is 11.0. The number of rotatable bonds is 9. The first-order chi connectivity index (χ1) is 16.9. The second-order valence-corrected chi connectivity index (χ2v) is 12.5. The van der Waals surface area contributed by atoms with Crippen LogP contribution >= 0.6 is 0 Å². The molecule has 10 heteroatoms. The molecule has 2 saturated heterocycles. The summed E-state index contributed by atoms with van der Waals surface area (Å²) in [6.07, 6.45) is 3.19. The number of halogens is 2. The van der Waals surface area contributed by atoms with Crippen molar-refractivity contribution < 1.29 is 35.4 Å². The zero-order chi connectivity index (χ0) is 24.5. The molecule has 0 saturated carbocycles. The zero-order valence-corrected chi connectivity index (χ0v) is 22.2. The van der Waals surface area contributed by atoms with E-state index in [1.165, 1.54) is 15.2 Å². The number of hydrogen-bond acceptors (Lipinski definition) is 5. The Morgan fingerprint density at radius 3 is 2.77 bits per heavy atom. The molecule has 8 nitrogen and oxygen atoms in total. The van der Waals surface area contributed by atoms with Crippen molar-refractivity contribution in [1.82, 2.24) is 23.8 Å². The number of nitrogens with zero attached hydrogens (tertiary/aromatic N) is 5. The third kappa shape index (κ3) is 5.11. The topological polar surface area (TPSA) is 77.4 Å². The Morgan fingerprint density at radius 2 is 2.06 bits per heavy atom. The second-order valence-electron chi connectivity index (χ2n) is 9.28. The van der Waals surface area contributed by atoms with E-state index < -0.39 is 6.10 Å². The summed E-state index contributed by atoms with van der Waals surface area (Å²) in [5, 5.41) is 15.5. The number of aryl methyl sites for hydroxylation is 1. The van der Waals surface area contributed by atoms with Crippen LogP contribution in [0.3, 0.4) is 0 Å². The Hall–Kier alpha value is -2.02. The van der Waals surface area contributed by atoms with Crippen LogP contribution in [-0.2, 0) is 31.5 Å². The Labute approximate surface area is 214 Å². The fourth-order valence-corrected chi connectivity index (χ4v) is 9.23. The van der Waals surface area contributed by atoms with E-state index in [2.05, 4.69) is 10.00 Å². The molecular weight excluding hydrogens is 564 g/mol. The molecule has 2 bridgehead atoms. The molecule has 190 valence electrons. The van der Waals surface area contributed by atoms with Crippen LogP contribution in [0, 0.1) is 5.82 Å². The summed E-state index contributed by atoms with van der Waals surface area (Å²) in [4.78, 5) is 15.4. The molecule has 0 amide bonds. The van der Waals surface area contributed by atoms with Gasteiger partial charge in [0.05, 0.1) is 0 Å². The molecule has 2 aliphatic heterocycles.